The van der Waals surface area contributed by atoms with Crippen molar-refractivity contribution in [3.63, 3.8) is 0 Å². The van der Waals surface area contributed by atoms with Crippen LogP contribution in [0.2, 0.25) is 0 Å². The largest absolute Gasteiger partial charge is 0.471 e. The quantitative estimate of drug-likeness (QED) is 0.359. The molecule has 0 amide bonds. The van der Waals surface area contributed by atoms with Gasteiger partial charge in [0.05, 0.1) is 20.4 Å². The molecule has 0 saturated carbocycles. The molecule has 0 unspecified atom stereocenters. The van der Waals surface area contributed by atoms with Gasteiger partial charge in [0, 0.05) is 4.88 Å². The topological polar surface area (TPSA) is 61.2 Å². The lowest BCUT2D eigenvalue weighted by Gasteiger charge is -2.05. The van der Waals surface area contributed by atoms with Crippen molar-refractivity contribution in [2.24, 2.45) is 0 Å². The Bertz CT molecular complexity index is 1230. The summed E-state index contributed by atoms with van der Waals surface area (Å²) in [6.07, 6.45) is 1.51. The predicted molar refractivity (Wildman–Crippen MR) is 118 cm³/mol. The lowest BCUT2D eigenvalue weighted by Crippen LogP contribution is -2.13. The zero-order valence-electron chi connectivity index (χ0n) is 15.4. The Morgan fingerprint density at radius 1 is 1.03 bits per heavy atom. The van der Waals surface area contributed by atoms with E-state index in [0.717, 1.165) is 23.9 Å². The van der Waals surface area contributed by atoms with Gasteiger partial charge in [0.1, 0.15) is 6.61 Å². The molecule has 0 aliphatic carbocycles. The van der Waals surface area contributed by atoms with Gasteiger partial charge in [-0.05, 0) is 52.7 Å². The fourth-order valence-corrected chi connectivity index (χ4v) is 5.25. The van der Waals surface area contributed by atoms with Gasteiger partial charge < -0.3 is 4.74 Å². The van der Waals surface area contributed by atoms with E-state index in [1.807, 2.05) is 49.4 Å². The molecular formula is C21H17BrN2O3S2. The van der Waals surface area contributed by atoms with Crippen LogP contribution in [-0.2, 0) is 16.6 Å². The van der Waals surface area contributed by atoms with E-state index in [2.05, 4.69) is 21.0 Å². The number of aromatic nitrogens is 2. The van der Waals surface area contributed by atoms with Crippen molar-refractivity contribution in [3.05, 3.63) is 87.8 Å². The van der Waals surface area contributed by atoms with E-state index in [1.54, 1.807) is 24.3 Å². The average Bonchev–Trinajstić information content (AvgIpc) is 3.34. The number of ether oxygens (including phenoxy) is 1. The minimum atomic E-state index is -3.82. The maximum atomic E-state index is 13.1. The Morgan fingerprint density at radius 3 is 2.41 bits per heavy atom. The summed E-state index contributed by atoms with van der Waals surface area (Å²) in [6, 6.07) is 20.2. The molecule has 0 spiro atoms. The average molecular weight is 489 g/mol. The number of aryl methyl sites for hydroxylation is 1. The molecule has 2 aromatic carbocycles. The SMILES string of the molecule is Cc1ccc(S(=O)(=O)n2cc(-c3ccc(Br)s3)c(OCc3ccccc3)n2)cc1. The third kappa shape index (κ3) is 4.29. The van der Waals surface area contributed by atoms with Crippen LogP contribution in [0.15, 0.2) is 81.6 Å². The summed E-state index contributed by atoms with van der Waals surface area (Å²) in [5, 5.41) is 4.28. The Labute approximate surface area is 181 Å². The number of thiophene rings is 1. The second kappa shape index (κ2) is 8.14. The molecule has 148 valence electrons. The summed E-state index contributed by atoms with van der Waals surface area (Å²) in [7, 11) is -3.82. The van der Waals surface area contributed by atoms with Gasteiger partial charge >= 0.3 is 0 Å². The highest BCUT2D eigenvalue weighted by Crippen LogP contribution is 2.37. The Morgan fingerprint density at radius 2 is 1.76 bits per heavy atom. The van der Waals surface area contributed by atoms with Crippen LogP contribution >= 0.6 is 27.3 Å². The fraction of sp³-hybridized carbons (Fsp3) is 0.0952. The first-order chi connectivity index (χ1) is 13.9. The van der Waals surface area contributed by atoms with Crippen molar-refractivity contribution >= 4 is 37.3 Å². The highest BCUT2D eigenvalue weighted by atomic mass is 79.9. The van der Waals surface area contributed by atoms with E-state index in [4.69, 9.17) is 4.74 Å². The molecular weight excluding hydrogens is 472 g/mol. The van der Waals surface area contributed by atoms with E-state index >= 15 is 0 Å². The highest BCUT2D eigenvalue weighted by molar-refractivity contribution is 9.11. The van der Waals surface area contributed by atoms with E-state index in [9.17, 15) is 8.42 Å². The van der Waals surface area contributed by atoms with Crippen molar-refractivity contribution in [2.75, 3.05) is 0 Å². The van der Waals surface area contributed by atoms with E-state index < -0.39 is 10.0 Å². The summed E-state index contributed by atoms with van der Waals surface area (Å²) < 4.78 is 34.0. The first-order valence-corrected chi connectivity index (χ1v) is 11.8. The fourth-order valence-electron chi connectivity index (χ4n) is 2.74. The molecule has 0 bridgehead atoms. The first-order valence-electron chi connectivity index (χ1n) is 8.78. The van der Waals surface area contributed by atoms with Crippen LogP contribution in [0.1, 0.15) is 11.1 Å². The van der Waals surface area contributed by atoms with Gasteiger partial charge in [-0.1, -0.05) is 48.0 Å². The number of hydrogen-bond donors (Lipinski definition) is 0. The van der Waals surface area contributed by atoms with Crippen LogP contribution in [0.3, 0.4) is 0 Å². The lowest BCUT2D eigenvalue weighted by molar-refractivity contribution is 0.293. The summed E-state index contributed by atoms with van der Waals surface area (Å²) >= 11 is 4.94. The van der Waals surface area contributed by atoms with Gasteiger partial charge in [-0.15, -0.1) is 16.4 Å². The third-order valence-corrected chi connectivity index (χ3v) is 7.49. The van der Waals surface area contributed by atoms with Crippen molar-refractivity contribution in [2.45, 2.75) is 18.4 Å². The van der Waals surface area contributed by atoms with Crippen LogP contribution in [-0.4, -0.2) is 17.6 Å². The number of benzene rings is 2. The molecule has 2 aromatic heterocycles. The molecule has 0 atom stereocenters. The summed E-state index contributed by atoms with van der Waals surface area (Å²) in [4.78, 5) is 1.05. The molecule has 4 aromatic rings. The normalized spacial score (nSPS) is 11.5. The Balaban J connectivity index is 1.73. The van der Waals surface area contributed by atoms with Gasteiger partial charge in [-0.3, -0.25) is 0 Å². The monoisotopic (exact) mass is 488 g/mol. The van der Waals surface area contributed by atoms with E-state index in [0.29, 0.717) is 12.2 Å². The molecule has 29 heavy (non-hydrogen) atoms. The van der Waals surface area contributed by atoms with Crippen LogP contribution in [0, 0.1) is 6.92 Å². The smallest absolute Gasteiger partial charge is 0.283 e. The minimum Gasteiger partial charge on any atom is -0.471 e. The molecule has 0 aliphatic rings. The number of halogens is 1. The summed E-state index contributed by atoms with van der Waals surface area (Å²) in [5.74, 6) is 0.277. The van der Waals surface area contributed by atoms with Crippen molar-refractivity contribution in [3.8, 4) is 16.3 Å². The van der Waals surface area contributed by atoms with Crippen molar-refractivity contribution in [1.82, 2.24) is 9.19 Å². The zero-order valence-corrected chi connectivity index (χ0v) is 18.7. The molecule has 8 heteroatoms. The van der Waals surface area contributed by atoms with Gasteiger partial charge in [-0.2, -0.15) is 12.5 Å². The van der Waals surface area contributed by atoms with Crippen molar-refractivity contribution in [1.29, 1.82) is 0 Å². The minimum absolute atomic E-state index is 0.180. The lowest BCUT2D eigenvalue weighted by atomic mass is 10.2. The van der Waals surface area contributed by atoms with Gasteiger partial charge in [0.25, 0.3) is 10.0 Å². The molecule has 0 saturated heterocycles. The third-order valence-electron chi connectivity index (χ3n) is 4.28. The number of rotatable bonds is 6. The number of hydrogen-bond acceptors (Lipinski definition) is 5. The van der Waals surface area contributed by atoms with Gasteiger partial charge in [-0.25, -0.2) is 0 Å². The summed E-state index contributed by atoms with van der Waals surface area (Å²) in [6.45, 7) is 2.20. The van der Waals surface area contributed by atoms with Gasteiger partial charge in [0.15, 0.2) is 0 Å². The van der Waals surface area contributed by atoms with E-state index in [1.165, 1.54) is 17.5 Å². The van der Waals surface area contributed by atoms with Crippen LogP contribution in [0.25, 0.3) is 10.4 Å². The highest BCUT2D eigenvalue weighted by Gasteiger charge is 2.23. The maximum absolute atomic E-state index is 13.1. The molecule has 0 radical (unpaired) electrons. The van der Waals surface area contributed by atoms with Crippen molar-refractivity contribution < 1.29 is 13.2 Å². The molecule has 4 rings (SSSR count). The maximum Gasteiger partial charge on any atom is 0.283 e. The second-order valence-corrected chi connectivity index (χ2v) is 10.7. The number of nitrogens with zero attached hydrogens (tertiary/aromatic N) is 2. The molecule has 2 heterocycles. The van der Waals surface area contributed by atoms with Crippen LogP contribution in [0.5, 0.6) is 5.88 Å². The zero-order chi connectivity index (χ0) is 20.4. The molecule has 0 aliphatic heterocycles. The molecule has 0 fully saturated rings. The van der Waals surface area contributed by atoms with Gasteiger partial charge in [0.2, 0.25) is 5.88 Å². The van der Waals surface area contributed by atoms with Crippen LogP contribution in [0.4, 0.5) is 0 Å². The molecule has 0 N–H and O–H groups in total. The Hall–Kier alpha value is -2.42. The first kappa shape index (κ1) is 19.9. The van der Waals surface area contributed by atoms with Crippen LogP contribution < -0.4 is 4.74 Å². The summed E-state index contributed by atoms with van der Waals surface area (Å²) in [5.41, 5.74) is 2.59. The second-order valence-electron chi connectivity index (χ2n) is 6.42. The predicted octanol–water partition coefficient (Wildman–Crippen LogP) is 5.50. The van der Waals surface area contributed by atoms with E-state index in [-0.39, 0.29) is 10.8 Å². The molecule has 5 nitrogen and oxygen atoms in total. The Kier molecular flexibility index (Phi) is 5.58. The standard InChI is InChI=1S/C21H17BrN2O3S2/c1-15-7-9-17(10-8-15)29(25,26)24-13-18(19-11-12-20(22)28-19)21(23-24)27-14-16-5-3-2-4-6-16/h2-13H,14H2,1H3.